The van der Waals surface area contributed by atoms with Gasteiger partial charge in [-0.25, -0.2) is 4.21 Å². The third kappa shape index (κ3) is 1.83. The minimum atomic E-state index is -3.88. The van der Waals surface area contributed by atoms with Crippen LogP contribution in [-0.4, -0.2) is 36.4 Å². The Bertz CT molecular complexity index is 956. The Morgan fingerprint density at radius 1 is 0.909 bits per heavy atom. The SMILES string of the molecule is C=S(=O)(O)c1cc2c(c(O)c1O)C(=O)c1ccccc1C2=O. The molecule has 0 radical (unpaired) electrons. The first-order valence-electron chi connectivity index (χ1n) is 6.10. The molecule has 1 aliphatic carbocycles. The molecule has 0 amide bonds. The van der Waals surface area contributed by atoms with Gasteiger partial charge in [-0.05, 0) is 11.9 Å². The van der Waals surface area contributed by atoms with Crippen LogP contribution < -0.4 is 0 Å². The molecule has 6 nitrogen and oxygen atoms in total. The van der Waals surface area contributed by atoms with Gasteiger partial charge in [0.15, 0.2) is 23.1 Å². The molecule has 1 aliphatic rings. The molecule has 0 saturated heterocycles. The van der Waals surface area contributed by atoms with Crippen molar-refractivity contribution in [1.82, 2.24) is 0 Å². The highest BCUT2D eigenvalue weighted by molar-refractivity contribution is 7.95. The summed E-state index contributed by atoms with van der Waals surface area (Å²) < 4.78 is 21.2. The number of rotatable bonds is 1. The highest BCUT2D eigenvalue weighted by atomic mass is 32.2. The molecule has 1 atom stereocenters. The number of fused-ring (bicyclic) bond motifs is 2. The number of phenolic OH excluding ortho intramolecular Hbond substituents is 2. The van der Waals surface area contributed by atoms with Crippen LogP contribution >= 0.6 is 0 Å². The molecule has 22 heavy (non-hydrogen) atoms. The van der Waals surface area contributed by atoms with Gasteiger partial charge in [0.1, 0.15) is 14.7 Å². The van der Waals surface area contributed by atoms with Gasteiger partial charge in [-0.3, -0.25) is 9.59 Å². The van der Waals surface area contributed by atoms with Gasteiger partial charge < -0.3 is 14.8 Å². The molecule has 0 spiro atoms. The quantitative estimate of drug-likeness (QED) is 0.462. The molecule has 0 heterocycles. The third-order valence-electron chi connectivity index (χ3n) is 3.47. The molecule has 2 aromatic carbocycles. The second-order valence-corrected chi connectivity index (χ2v) is 6.56. The first kappa shape index (κ1) is 14.3. The van der Waals surface area contributed by atoms with Crippen molar-refractivity contribution in [3.63, 3.8) is 0 Å². The van der Waals surface area contributed by atoms with Gasteiger partial charge in [-0.1, -0.05) is 24.3 Å². The van der Waals surface area contributed by atoms with E-state index in [4.69, 9.17) is 0 Å². The third-order valence-corrected chi connectivity index (χ3v) is 4.47. The highest BCUT2D eigenvalue weighted by Crippen LogP contribution is 2.42. The van der Waals surface area contributed by atoms with Gasteiger partial charge in [-0.2, -0.15) is 0 Å². The number of hydrogen-bond acceptors (Lipinski definition) is 5. The summed E-state index contributed by atoms with van der Waals surface area (Å²) in [6.45, 7) is 0. The van der Waals surface area contributed by atoms with Crippen molar-refractivity contribution in [1.29, 1.82) is 0 Å². The molecule has 1 unspecified atom stereocenters. The monoisotopic (exact) mass is 318 g/mol. The Kier molecular flexibility index (Phi) is 2.88. The maximum absolute atomic E-state index is 12.5. The number of benzene rings is 2. The first-order valence-corrected chi connectivity index (χ1v) is 7.79. The number of phenols is 2. The molecule has 0 bridgehead atoms. The predicted octanol–water partition coefficient (Wildman–Crippen LogP) is 1.42. The molecule has 2 aromatic rings. The normalized spacial score (nSPS) is 15.9. The number of hydrogen-bond donors (Lipinski definition) is 3. The topological polar surface area (TPSA) is 112 Å². The van der Waals surface area contributed by atoms with Crippen molar-refractivity contribution < 1.29 is 28.6 Å². The van der Waals surface area contributed by atoms with Gasteiger partial charge in [0.25, 0.3) is 0 Å². The van der Waals surface area contributed by atoms with E-state index in [9.17, 15) is 28.6 Å². The Morgan fingerprint density at radius 3 is 2.00 bits per heavy atom. The van der Waals surface area contributed by atoms with Crippen LogP contribution in [0.3, 0.4) is 0 Å². The summed E-state index contributed by atoms with van der Waals surface area (Å²) in [6.07, 6.45) is 0. The fourth-order valence-corrected chi connectivity index (χ4v) is 3.15. The smallest absolute Gasteiger partial charge is 0.198 e. The van der Waals surface area contributed by atoms with Crippen molar-refractivity contribution in [2.75, 3.05) is 0 Å². The molecular formula is C15H10O6S. The summed E-state index contributed by atoms with van der Waals surface area (Å²) >= 11 is 0. The molecule has 7 heteroatoms. The maximum Gasteiger partial charge on any atom is 0.198 e. The summed E-state index contributed by atoms with van der Waals surface area (Å²) in [4.78, 5) is 24.3. The van der Waals surface area contributed by atoms with E-state index < -0.39 is 37.8 Å². The van der Waals surface area contributed by atoms with Gasteiger partial charge in [0.2, 0.25) is 0 Å². The fraction of sp³-hybridized carbons (Fsp3) is 0. The van der Waals surface area contributed by atoms with E-state index in [1.807, 2.05) is 0 Å². The lowest BCUT2D eigenvalue weighted by Gasteiger charge is -2.20. The molecule has 0 aromatic heterocycles. The minimum absolute atomic E-state index is 0.0989. The highest BCUT2D eigenvalue weighted by Gasteiger charge is 2.35. The molecule has 112 valence electrons. The van der Waals surface area contributed by atoms with Crippen LogP contribution in [-0.2, 0) is 9.80 Å². The number of aromatic hydroxyl groups is 2. The Balaban J connectivity index is 2.42. The molecule has 0 fully saturated rings. The molecule has 0 aliphatic heterocycles. The number of carbonyl (C=O) groups is 2. The zero-order valence-corrected chi connectivity index (χ0v) is 11.9. The predicted molar refractivity (Wildman–Crippen MR) is 79.2 cm³/mol. The summed E-state index contributed by atoms with van der Waals surface area (Å²) in [5, 5.41) is 19.9. The Morgan fingerprint density at radius 2 is 1.45 bits per heavy atom. The van der Waals surface area contributed by atoms with Gasteiger partial charge in [0.05, 0.1) is 5.56 Å². The summed E-state index contributed by atoms with van der Waals surface area (Å²) in [7, 11) is -3.88. The van der Waals surface area contributed by atoms with E-state index in [2.05, 4.69) is 5.87 Å². The van der Waals surface area contributed by atoms with E-state index >= 15 is 0 Å². The lowest BCUT2D eigenvalue weighted by molar-refractivity contribution is 0.0975. The van der Waals surface area contributed by atoms with Crippen LogP contribution in [0.4, 0.5) is 0 Å². The van der Waals surface area contributed by atoms with Gasteiger partial charge in [-0.15, -0.1) is 0 Å². The Hall–Kier alpha value is -2.64. The van der Waals surface area contributed by atoms with Crippen LogP contribution in [0.1, 0.15) is 31.8 Å². The standard InChI is InChI=1S/C15H10O6S/c1-22(20,21)10-6-9-11(15(19)14(10)18)13(17)8-5-3-2-4-7(8)12(9)16/h2-6,18-19H,1H2,(H,20,21). The van der Waals surface area contributed by atoms with Crippen molar-refractivity contribution in [2.45, 2.75) is 4.90 Å². The fourth-order valence-electron chi connectivity index (χ4n) is 2.45. The van der Waals surface area contributed by atoms with Crippen molar-refractivity contribution in [3.05, 3.63) is 52.6 Å². The zero-order chi connectivity index (χ0) is 16.2. The second kappa shape index (κ2) is 4.43. The lowest BCUT2D eigenvalue weighted by Crippen LogP contribution is -2.21. The van der Waals surface area contributed by atoms with Crippen LogP contribution in [0.25, 0.3) is 0 Å². The average molecular weight is 318 g/mol. The second-order valence-electron chi connectivity index (χ2n) is 4.84. The number of ketones is 2. The van der Waals surface area contributed by atoms with Crippen molar-refractivity contribution >= 4 is 27.2 Å². The van der Waals surface area contributed by atoms with Crippen LogP contribution in [0.15, 0.2) is 35.2 Å². The first-order chi connectivity index (χ1) is 10.2. The van der Waals surface area contributed by atoms with Crippen LogP contribution in [0.2, 0.25) is 0 Å². The largest absolute Gasteiger partial charge is 0.504 e. The maximum atomic E-state index is 12.5. The summed E-state index contributed by atoms with van der Waals surface area (Å²) in [6, 6.07) is 6.95. The Labute approximate surface area is 125 Å². The van der Waals surface area contributed by atoms with E-state index in [0.29, 0.717) is 0 Å². The molecular weight excluding hydrogens is 308 g/mol. The van der Waals surface area contributed by atoms with E-state index in [1.54, 1.807) is 12.1 Å². The van der Waals surface area contributed by atoms with Crippen LogP contribution in [0, 0.1) is 0 Å². The van der Waals surface area contributed by atoms with Gasteiger partial charge in [0, 0.05) is 16.7 Å². The average Bonchev–Trinajstić information content (AvgIpc) is 2.46. The molecule has 3 N–H and O–H groups in total. The zero-order valence-electron chi connectivity index (χ0n) is 11.1. The lowest BCUT2D eigenvalue weighted by atomic mass is 9.83. The minimum Gasteiger partial charge on any atom is -0.504 e. The van der Waals surface area contributed by atoms with Crippen LogP contribution in [0.5, 0.6) is 11.5 Å². The summed E-state index contributed by atoms with van der Waals surface area (Å²) in [5.74, 6) is -0.0495. The van der Waals surface area contributed by atoms with Crippen molar-refractivity contribution in [2.24, 2.45) is 0 Å². The summed E-state index contributed by atoms with van der Waals surface area (Å²) in [5.41, 5.74) is -0.389. The molecule has 3 rings (SSSR count). The van der Waals surface area contributed by atoms with E-state index in [-0.39, 0.29) is 22.3 Å². The van der Waals surface area contributed by atoms with E-state index in [1.165, 1.54) is 12.1 Å². The molecule has 0 saturated carbocycles. The van der Waals surface area contributed by atoms with E-state index in [0.717, 1.165) is 6.07 Å². The van der Waals surface area contributed by atoms with Gasteiger partial charge >= 0.3 is 0 Å². The van der Waals surface area contributed by atoms with Crippen molar-refractivity contribution in [3.8, 4) is 11.5 Å². The number of carbonyl (C=O) groups excluding carboxylic acids is 2.